The number of pyridine rings is 1. The van der Waals surface area contributed by atoms with Crippen LogP contribution in [0, 0.1) is 37.8 Å². The number of thiazole rings is 1. The Labute approximate surface area is 799 Å². The van der Waals surface area contributed by atoms with Crippen LogP contribution < -0.4 is 40.7 Å². The van der Waals surface area contributed by atoms with Gasteiger partial charge in [0.1, 0.15) is 53.2 Å². The minimum Gasteiger partial charge on any atom is -0.619 e. The first-order valence-electron chi connectivity index (χ1n) is 39.7. The Balaban J connectivity index is 0.000000189. The molecule has 0 unspecified atom stereocenters. The van der Waals surface area contributed by atoms with Crippen LogP contribution in [0.25, 0.3) is 28.4 Å². The molecule has 3 aromatic heterocycles. The fourth-order valence-corrected chi connectivity index (χ4v) is 14.8. The van der Waals surface area contributed by atoms with Crippen LogP contribution in [0.2, 0.25) is 0 Å². The van der Waals surface area contributed by atoms with Crippen LogP contribution in [0.5, 0.6) is 17.2 Å². The van der Waals surface area contributed by atoms with E-state index < -0.39 is 22.6 Å². The number of allylic oxidation sites excluding steroid dienone is 3. The number of rotatable bonds is 16. The van der Waals surface area contributed by atoms with E-state index in [1.807, 2.05) is 168 Å². The average molecular weight is 1990 g/mol. The summed E-state index contributed by atoms with van der Waals surface area (Å²) < 4.78 is 15.5. The number of alkyl halides is 2. The third-order valence-corrected chi connectivity index (χ3v) is 21.8. The number of nitroso groups, excluding NO2 is 1. The molecule has 4 aliphatic heterocycles. The number of piperazine rings is 1. The minimum absolute atomic E-state index is 0. The van der Waals surface area contributed by atoms with Crippen molar-refractivity contribution in [2.24, 2.45) is 9.98 Å². The van der Waals surface area contributed by atoms with Gasteiger partial charge in [-0.3, -0.25) is 59.1 Å². The van der Waals surface area contributed by atoms with Crippen LogP contribution in [-0.4, -0.2) is 143 Å². The number of aryl methyl sites for hydroxylation is 4. The second-order valence-corrected chi connectivity index (χ2v) is 34.5. The molecule has 7 heterocycles. The van der Waals surface area contributed by atoms with E-state index in [4.69, 9.17) is 44.6 Å². The number of hydrogen-bond acceptors (Lipinski definition) is 21. The van der Waals surface area contributed by atoms with E-state index in [2.05, 4.69) is 113 Å². The third kappa shape index (κ3) is 31.6. The number of phenolic OH excluding ortho intramolecular Hbond substituents is 2. The molecular weight excluding hydrogens is 1900 g/mol. The highest BCUT2D eigenvalue weighted by atomic mass is 79.9. The number of amides is 6. The lowest BCUT2D eigenvalue weighted by molar-refractivity contribution is -0.428. The van der Waals surface area contributed by atoms with Gasteiger partial charge < -0.3 is 39.7 Å². The highest BCUT2D eigenvalue weighted by Crippen LogP contribution is 2.34. The molecule has 8 aromatic carbocycles. The molecule has 4 aliphatic rings. The average Bonchev–Trinajstić information content (AvgIpc) is 1.53. The van der Waals surface area contributed by atoms with E-state index in [0.29, 0.717) is 78.8 Å². The second kappa shape index (κ2) is 49.3. The van der Waals surface area contributed by atoms with E-state index >= 15 is 0 Å². The molecule has 131 heavy (non-hydrogen) atoms. The van der Waals surface area contributed by atoms with Gasteiger partial charge in [0.05, 0.1) is 26.6 Å². The molecule has 15 rings (SSSR count). The number of benzene rings is 8. The summed E-state index contributed by atoms with van der Waals surface area (Å²) in [4.78, 5) is 120. The quantitative estimate of drug-likeness (QED) is 0.00447. The molecule has 0 spiro atoms. The number of para-hydroxylation sites is 1. The van der Waals surface area contributed by atoms with Crippen LogP contribution in [0.15, 0.2) is 282 Å². The number of imide groups is 1. The van der Waals surface area contributed by atoms with Gasteiger partial charge in [-0.25, -0.2) is 19.7 Å². The highest BCUT2D eigenvalue weighted by Gasteiger charge is 2.29. The van der Waals surface area contributed by atoms with Crippen molar-refractivity contribution in [3.8, 4) is 17.2 Å². The lowest BCUT2D eigenvalue weighted by Gasteiger charge is -2.36. The van der Waals surface area contributed by atoms with Crippen molar-refractivity contribution >= 4 is 224 Å². The van der Waals surface area contributed by atoms with Gasteiger partial charge in [-0.15, -0.1) is 0 Å². The van der Waals surface area contributed by atoms with E-state index in [0.717, 1.165) is 99.0 Å². The van der Waals surface area contributed by atoms with E-state index in [1.54, 1.807) is 115 Å². The zero-order chi connectivity index (χ0) is 94.5. The Morgan fingerprint density at radius 1 is 0.710 bits per heavy atom. The highest BCUT2D eigenvalue weighted by molar-refractivity contribution is 9.11. The summed E-state index contributed by atoms with van der Waals surface area (Å²) in [6, 6.07) is 60.7. The van der Waals surface area contributed by atoms with E-state index in [9.17, 15) is 58.7 Å². The van der Waals surface area contributed by atoms with Crippen LogP contribution >= 0.6 is 90.8 Å². The maximum Gasteiger partial charge on any atom is 0.331 e. The van der Waals surface area contributed by atoms with Crippen LogP contribution in [-0.2, 0) is 45.5 Å². The number of fused-ring (bicyclic) bond motifs is 1. The van der Waals surface area contributed by atoms with E-state index in [-0.39, 0.29) is 70.1 Å². The number of aliphatic imine (C=N–C) groups is 2. The molecule has 676 valence electrons. The van der Waals surface area contributed by atoms with Gasteiger partial charge in [0.15, 0.2) is 27.9 Å². The van der Waals surface area contributed by atoms with Gasteiger partial charge in [-0.2, -0.15) is 4.74 Å². The number of ether oxygens (including phenoxy) is 1. The summed E-state index contributed by atoms with van der Waals surface area (Å²) in [5.74, 6) is -0.637. The Morgan fingerprint density at radius 2 is 1.34 bits per heavy atom. The number of hydrogen-bond donors (Lipinski definition) is 6. The molecule has 27 nitrogen and oxygen atoms in total. The van der Waals surface area contributed by atoms with Crippen molar-refractivity contribution in [2.75, 3.05) is 43.0 Å². The zero-order valence-corrected chi connectivity index (χ0v) is 78.9. The molecule has 0 saturated carbocycles. The first kappa shape index (κ1) is 103. The minimum atomic E-state index is -0.992. The molecule has 34 heteroatoms. The molecule has 3 saturated heterocycles. The van der Waals surface area contributed by atoms with Crippen molar-refractivity contribution in [1.82, 2.24) is 35.7 Å². The fourth-order valence-electron chi connectivity index (χ4n) is 12.0. The summed E-state index contributed by atoms with van der Waals surface area (Å²) in [5.41, 5.74) is 13.6. The molecule has 0 aliphatic carbocycles. The number of aromatic nitrogens is 2. The maximum absolute atomic E-state index is 12.1. The number of furan rings is 1. The Kier molecular flexibility index (Phi) is 38.6. The van der Waals surface area contributed by atoms with Gasteiger partial charge in [-0.1, -0.05) is 181 Å². The predicted molar refractivity (Wildman–Crippen MR) is 535 cm³/mol. The SMILES string of the molecule is C.C=[N+]([O-])c1cccc(/C=C/C=Nc2cc(C(C)(C)C)ccc2O)c1.CC(=C\c1ccccc1)/C=C1/NC(=S)NC1=O.C[N+](=O)c1ccc(N2CCN(C(=O)C(Cl)Cl)CC2)cc1.Cc1ccc(N2C(=O)C=CC2=O)cc1.Cc1ccc(N=Cc2cc(Br)cc(Br)c2O)nc1.Cc1ccc(OC(=O)Cn2c(=O)sc3ccccc32)cc1C.O=C1NC(=S)NC(=O)C1=Cc1ccco1. The van der Waals surface area contributed by atoms with Crippen molar-refractivity contribution in [3.05, 3.63) is 333 Å². The first-order valence-corrected chi connectivity index (χ1v) is 43.8. The van der Waals surface area contributed by atoms with Crippen LogP contribution in [0.4, 0.5) is 34.3 Å². The smallest absolute Gasteiger partial charge is 0.331 e. The number of carbonyl (C=O) groups excluding carboxylic acids is 7. The fraction of sp³-hybridized carbons (Fsp3) is 0.175. The molecule has 6 N–H and O–H groups in total. The van der Waals surface area contributed by atoms with E-state index in [1.165, 1.54) is 36.1 Å². The lowest BCUT2D eigenvalue weighted by Crippen LogP contribution is -2.51. The molecule has 0 bridgehead atoms. The number of thiocarbonyl (C=S) groups is 2. The summed E-state index contributed by atoms with van der Waals surface area (Å²) >= 11 is 28.4. The Bertz CT molecular complexity index is 6280. The zero-order valence-electron chi connectivity index (χ0n) is 71.8. The standard InChI is InChI=1S/C20H22N2O2.C17H15NO3S.C13H10Br2N2O.C13H16Cl2N3O2.C13H12N2OS.C11H9NO2.C9H6N2O3S.CH4/c1-20(2,3)16-10-11-19(23)18(14-16)21-12-6-8-15-7-5-9-17(13-15)22(4)24;1-11-7-8-13(9-12(11)2)21-16(19)10-18-14-5-3-4-6-15(14)22-17(18)20;1-8-2-3-12(16-6-8)17-7-9-4-10(14)5-11(15)13(9)18;1-16(20)10-2-4-11(5-3-10)17-6-8-18(9-7-17)13(19)12(14)15;1-9(7-10-5-3-2-4-6-10)8-11-12(16)15-13(17)14-11;1-8-2-4-9(5-3-8)12-10(13)6-7-11(12)14;12-7-6(4-5-2-1-3-14-5)8(13)11-9(15)10-7;/h5-14,23H,4H2,1-3H3;3-9H,10H2,1-2H3;2-7,18H,1H3;2-5,12H,6-9H2,1H3;2-8H,1H3,(H2,14,15,16,17);2-7H,1H3;1-4H,(H2,10,11,12,13,15);1H4/q;;;+1;;;;/b8-6+,21-12?;;;;9-7+,11-8+;;;. The number of aromatic hydroxyl groups is 2. The van der Waals surface area contributed by atoms with Crippen molar-refractivity contribution < 1.29 is 62.4 Å². The summed E-state index contributed by atoms with van der Waals surface area (Å²) in [7, 11) is 1.47. The molecule has 0 atom stereocenters. The summed E-state index contributed by atoms with van der Waals surface area (Å²) in [6.07, 6.45) is 17.7. The number of anilines is 2. The largest absolute Gasteiger partial charge is 0.619 e. The van der Waals surface area contributed by atoms with Gasteiger partial charge in [0.25, 0.3) is 41.1 Å². The second-order valence-electron chi connectivity index (χ2n) is 29.9. The number of nitrogens with zero attached hydrogens (tertiary/aromatic N) is 9. The van der Waals surface area contributed by atoms with Gasteiger partial charge in [0, 0.05) is 107 Å². The maximum atomic E-state index is 12.1. The molecule has 0 radical (unpaired) electrons. The summed E-state index contributed by atoms with van der Waals surface area (Å²) in [6.45, 7) is 22.0. The van der Waals surface area contributed by atoms with Gasteiger partial charge >= 0.3 is 10.8 Å². The lowest BCUT2D eigenvalue weighted by atomic mass is 9.87. The molecule has 6 amide bonds. The van der Waals surface area contributed by atoms with Crippen LogP contribution in [0.3, 0.4) is 0 Å². The third-order valence-electron chi connectivity index (χ3n) is 19.0. The molecule has 11 aromatic rings. The van der Waals surface area contributed by atoms with Gasteiger partial charge in [-0.05, 0) is 229 Å². The number of nitrogens with one attached hydrogen (secondary N) is 4. The number of esters is 1. The predicted octanol–water partition coefficient (Wildman–Crippen LogP) is 19.0. The monoisotopic (exact) mass is 1990 g/mol. The summed E-state index contributed by atoms with van der Waals surface area (Å²) in [5, 5.41) is 41.3. The molecular formula is C97H94Br2Cl2N13O14S3+. The van der Waals surface area contributed by atoms with Crippen molar-refractivity contribution in [3.63, 3.8) is 0 Å². The number of phenols is 2. The molecule has 3 fully saturated rings. The van der Waals surface area contributed by atoms with Gasteiger partial charge in [0.2, 0.25) is 5.69 Å². The first-order chi connectivity index (χ1) is 61.9. The number of halogens is 4. The number of carbonyl (C=O) groups is 7. The topological polar surface area (TPSA) is 346 Å². The Hall–Kier alpha value is -13.6. The van der Waals surface area contributed by atoms with Crippen molar-refractivity contribution in [1.29, 1.82) is 0 Å². The van der Waals surface area contributed by atoms with Crippen molar-refractivity contribution in [2.45, 2.75) is 79.6 Å². The Morgan fingerprint density at radius 3 is 1.95 bits per heavy atom. The van der Waals surface area contributed by atoms with Crippen LogP contribution in [0.1, 0.15) is 85.4 Å². The normalized spacial score (nSPS) is 13.8.